The molecular weight excluding hydrogens is 222 g/mol. The molecule has 0 saturated carbocycles. The van der Waals surface area contributed by atoms with Crippen molar-refractivity contribution in [3.05, 3.63) is 35.4 Å². The summed E-state index contributed by atoms with van der Waals surface area (Å²) in [6.07, 6.45) is 5.50. The Kier molecular flexibility index (Phi) is 3.16. The summed E-state index contributed by atoms with van der Waals surface area (Å²) in [6.45, 7) is 4.37. The van der Waals surface area contributed by atoms with Gasteiger partial charge in [-0.05, 0) is 38.3 Å². The molecule has 18 heavy (non-hydrogen) atoms. The van der Waals surface area contributed by atoms with Crippen LogP contribution in [0.25, 0.3) is 0 Å². The minimum atomic E-state index is -0.490. The Labute approximate surface area is 110 Å². The van der Waals surface area contributed by atoms with Crippen LogP contribution in [-0.2, 0) is 6.42 Å². The summed E-state index contributed by atoms with van der Waals surface area (Å²) in [5.41, 5.74) is 2.07. The fraction of sp³-hybridized carbons (Fsp3) is 0.625. The Bertz CT molecular complexity index is 414. The summed E-state index contributed by atoms with van der Waals surface area (Å²) in [6, 6.07) is 9.02. The number of aliphatic hydroxyl groups is 1. The van der Waals surface area contributed by atoms with E-state index >= 15 is 0 Å². The highest BCUT2D eigenvalue weighted by Gasteiger charge is 2.46. The lowest BCUT2D eigenvalue weighted by Crippen LogP contribution is -2.48. The number of fused-ring (bicyclic) bond motifs is 1. The maximum Gasteiger partial charge on any atom is 0.0854 e. The van der Waals surface area contributed by atoms with Crippen LogP contribution < -0.4 is 0 Å². The van der Waals surface area contributed by atoms with Crippen LogP contribution in [0.2, 0.25) is 0 Å². The summed E-state index contributed by atoms with van der Waals surface area (Å²) in [5, 5.41) is 11.0. The molecule has 3 rings (SSSR count). The number of piperidine rings is 1. The van der Waals surface area contributed by atoms with Gasteiger partial charge in [0, 0.05) is 19.0 Å². The highest BCUT2D eigenvalue weighted by Crippen LogP contribution is 2.37. The standard InChI is InChI=1S/C16H23NO/c1-13-5-7-14(8-6-13)12-16(18)9-11-17-10-3-2-4-15(16)17/h5-8,15,18H,2-4,9-12H2,1H3. The van der Waals surface area contributed by atoms with Crippen LogP contribution in [0.15, 0.2) is 24.3 Å². The molecule has 1 aromatic rings. The lowest BCUT2D eigenvalue weighted by molar-refractivity contribution is -0.00886. The summed E-state index contributed by atoms with van der Waals surface area (Å²) in [4.78, 5) is 2.50. The molecule has 2 aliphatic heterocycles. The van der Waals surface area contributed by atoms with Crippen LogP contribution in [0.1, 0.15) is 36.8 Å². The topological polar surface area (TPSA) is 23.5 Å². The van der Waals surface area contributed by atoms with E-state index in [9.17, 15) is 5.11 Å². The van der Waals surface area contributed by atoms with Gasteiger partial charge in [-0.1, -0.05) is 36.2 Å². The Morgan fingerprint density at radius 2 is 2.00 bits per heavy atom. The molecule has 2 nitrogen and oxygen atoms in total. The first-order valence-corrected chi connectivity index (χ1v) is 7.19. The van der Waals surface area contributed by atoms with Gasteiger partial charge in [-0.2, -0.15) is 0 Å². The molecule has 2 unspecified atom stereocenters. The van der Waals surface area contributed by atoms with E-state index in [0.717, 1.165) is 19.4 Å². The van der Waals surface area contributed by atoms with Gasteiger partial charge in [-0.15, -0.1) is 0 Å². The number of rotatable bonds is 2. The fourth-order valence-corrected chi connectivity index (χ4v) is 3.64. The molecule has 2 heterocycles. The van der Waals surface area contributed by atoms with Crippen molar-refractivity contribution in [2.45, 2.75) is 50.7 Å². The first kappa shape index (κ1) is 12.2. The summed E-state index contributed by atoms with van der Waals surface area (Å²) in [7, 11) is 0. The zero-order chi connectivity index (χ0) is 12.6. The van der Waals surface area contributed by atoms with E-state index in [-0.39, 0.29) is 0 Å². The maximum atomic E-state index is 11.0. The third-order valence-electron chi connectivity index (χ3n) is 4.70. The van der Waals surface area contributed by atoms with Gasteiger partial charge >= 0.3 is 0 Å². The van der Waals surface area contributed by atoms with Gasteiger partial charge in [0.1, 0.15) is 0 Å². The Hall–Kier alpha value is -0.860. The molecular formula is C16H23NO. The molecule has 2 atom stereocenters. The molecule has 0 bridgehead atoms. The highest BCUT2D eigenvalue weighted by molar-refractivity contribution is 5.24. The van der Waals surface area contributed by atoms with Crippen molar-refractivity contribution in [2.24, 2.45) is 0 Å². The zero-order valence-electron chi connectivity index (χ0n) is 11.2. The van der Waals surface area contributed by atoms with Crippen molar-refractivity contribution in [3.8, 4) is 0 Å². The number of benzene rings is 1. The normalized spacial score (nSPS) is 32.4. The number of aryl methyl sites for hydroxylation is 1. The third-order valence-corrected chi connectivity index (χ3v) is 4.70. The summed E-state index contributed by atoms with van der Waals surface area (Å²) >= 11 is 0. The van der Waals surface area contributed by atoms with Crippen molar-refractivity contribution in [2.75, 3.05) is 13.1 Å². The molecule has 2 aliphatic rings. The zero-order valence-corrected chi connectivity index (χ0v) is 11.2. The van der Waals surface area contributed by atoms with E-state index in [1.807, 2.05) is 0 Å². The third kappa shape index (κ3) is 2.19. The van der Waals surface area contributed by atoms with Crippen LogP contribution in [0.4, 0.5) is 0 Å². The highest BCUT2D eigenvalue weighted by atomic mass is 16.3. The van der Waals surface area contributed by atoms with E-state index in [0.29, 0.717) is 6.04 Å². The van der Waals surface area contributed by atoms with Gasteiger partial charge in [0.2, 0.25) is 0 Å². The first-order valence-electron chi connectivity index (χ1n) is 7.19. The molecule has 1 N–H and O–H groups in total. The lowest BCUT2D eigenvalue weighted by Gasteiger charge is -2.37. The second-order valence-corrected chi connectivity index (χ2v) is 6.06. The molecule has 0 amide bonds. The molecule has 0 radical (unpaired) electrons. The SMILES string of the molecule is Cc1ccc(CC2(O)CCN3CCCCC32)cc1. The Morgan fingerprint density at radius 1 is 1.22 bits per heavy atom. The second kappa shape index (κ2) is 4.67. The molecule has 1 aromatic carbocycles. The van der Waals surface area contributed by atoms with Gasteiger partial charge in [-0.25, -0.2) is 0 Å². The molecule has 0 aromatic heterocycles. The quantitative estimate of drug-likeness (QED) is 0.865. The fourth-order valence-electron chi connectivity index (χ4n) is 3.64. The van der Waals surface area contributed by atoms with Crippen LogP contribution in [0.5, 0.6) is 0 Å². The Morgan fingerprint density at radius 3 is 2.78 bits per heavy atom. The van der Waals surface area contributed by atoms with Gasteiger partial charge in [0.05, 0.1) is 5.60 Å². The number of hydrogen-bond donors (Lipinski definition) is 1. The van der Waals surface area contributed by atoms with E-state index in [1.165, 1.54) is 36.9 Å². The van der Waals surface area contributed by atoms with Crippen LogP contribution in [-0.4, -0.2) is 34.7 Å². The van der Waals surface area contributed by atoms with Gasteiger partial charge in [0.15, 0.2) is 0 Å². The minimum absolute atomic E-state index is 0.396. The van der Waals surface area contributed by atoms with Crippen molar-refractivity contribution in [3.63, 3.8) is 0 Å². The monoisotopic (exact) mass is 245 g/mol. The predicted octanol–water partition coefficient (Wildman–Crippen LogP) is 2.53. The Balaban J connectivity index is 1.76. The maximum absolute atomic E-state index is 11.0. The first-order chi connectivity index (χ1) is 8.67. The van der Waals surface area contributed by atoms with Gasteiger partial charge in [-0.3, -0.25) is 4.90 Å². The smallest absolute Gasteiger partial charge is 0.0854 e. The molecule has 2 heteroatoms. The molecule has 98 valence electrons. The van der Waals surface area contributed by atoms with Crippen LogP contribution in [0.3, 0.4) is 0 Å². The molecule has 0 aliphatic carbocycles. The van der Waals surface area contributed by atoms with Crippen LogP contribution in [0, 0.1) is 6.92 Å². The average molecular weight is 245 g/mol. The predicted molar refractivity (Wildman–Crippen MR) is 73.7 cm³/mol. The van der Waals surface area contributed by atoms with Crippen molar-refractivity contribution in [1.29, 1.82) is 0 Å². The van der Waals surface area contributed by atoms with Crippen molar-refractivity contribution in [1.82, 2.24) is 4.90 Å². The van der Waals surface area contributed by atoms with Crippen molar-refractivity contribution >= 4 is 0 Å². The van der Waals surface area contributed by atoms with Gasteiger partial charge < -0.3 is 5.11 Å². The molecule has 0 spiro atoms. The molecule has 2 saturated heterocycles. The largest absolute Gasteiger partial charge is 0.388 e. The van der Waals surface area contributed by atoms with E-state index < -0.39 is 5.60 Å². The van der Waals surface area contributed by atoms with E-state index in [2.05, 4.69) is 36.1 Å². The number of nitrogens with zero attached hydrogens (tertiary/aromatic N) is 1. The number of hydrogen-bond acceptors (Lipinski definition) is 2. The molecule has 2 fully saturated rings. The summed E-state index contributed by atoms with van der Waals surface area (Å²) < 4.78 is 0. The van der Waals surface area contributed by atoms with Crippen molar-refractivity contribution < 1.29 is 5.11 Å². The van der Waals surface area contributed by atoms with E-state index in [1.54, 1.807) is 0 Å². The average Bonchev–Trinajstić information content (AvgIpc) is 2.71. The van der Waals surface area contributed by atoms with E-state index in [4.69, 9.17) is 0 Å². The minimum Gasteiger partial charge on any atom is -0.388 e. The van der Waals surface area contributed by atoms with Crippen LogP contribution >= 0.6 is 0 Å². The second-order valence-electron chi connectivity index (χ2n) is 6.06. The lowest BCUT2D eigenvalue weighted by atomic mass is 9.83. The summed E-state index contributed by atoms with van der Waals surface area (Å²) in [5.74, 6) is 0. The van der Waals surface area contributed by atoms with Gasteiger partial charge in [0.25, 0.3) is 0 Å².